The van der Waals surface area contributed by atoms with Crippen LogP contribution < -0.4 is 10.6 Å². The lowest BCUT2D eigenvalue weighted by Crippen LogP contribution is -2.22. The van der Waals surface area contributed by atoms with Gasteiger partial charge < -0.3 is 15.4 Å². The molecule has 5 rings (SSSR count). The summed E-state index contributed by atoms with van der Waals surface area (Å²) >= 11 is 0. The van der Waals surface area contributed by atoms with Crippen LogP contribution in [-0.4, -0.2) is 41.2 Å². The minimum Gasteiger partial charge on any atom is -0.465 e. The second kappa shape index (κ2) is 10.1. The number of nitrogens with zero attached hydrogens (tertiary/aromatic N) is 3. The molecule has 1 aromatic heterocycles. The lowest BCUT2D eigenvalue weighted by Gasteiger charge is -2.15. The van der Waals surface area contributed by atoms with E-state index < -0.39 is 11.9 Å². The van der Waals surface area contributed by atoms with Crippen molar-refractivity contribution in [3.63, 3.8) is 0 Å². The van der Waals surface area contributed by atoms with Crippen LogP contribution in [0, 0.1) is 0 Å². The molecule has 2 N–H and O–H groups in total. The Morgan fingerprint density at radius 3 is 2.50 bits per heavy atom. The van der Waals surface area contributed by atoms with Crippen molar-refractivity contribution in [3.05, 3.63) is 95.3 Å². The monoisotopic (exact) mass is 479 g/mol. The molecule has 36 heavy (non-hydrogen) atoms. The Bertz CT molecular complexity index is 1480. The number of fused-ring (bicyclic) bond motifs is 2. The van der Waals surface area contributed by atoms with Crippen LogP contribution in [0.5, 0.6) is 0 Å². The van der Waals surface area contributed by atoms with E-state index in [1.54, 1.807) is 30.6 Å². The van der Waals surface area contributed by atoms with Gasteiger partial charge in [0.05, 0.1) is 35.1 Å². The van der Waals surface area contributed by atoms with Gasteiger partial charge in [-0.05, 0) is 59.6 Å². The number of benzene rings is 3. The van der Waals surface area contributed by atoms with Gasteiger partial charge in [0.25, 0.3) is 0 Å². The molecule has 1 amide bonds. The Balaban J connectivity index is 1.61. The molecule has 2 heterocycles. The second-order valence-corrected chi connectivity index (χ2v) is 8.42. The molecule has 4 aromatic rings. The molecule has 1 unspecified atom stereocenters. The lowest BCUT2D eigenvalue weighted by molar-refractivity contribution is -0.115. The van der Waals surface area contributed by atoms with E-state index in [-0.39, 0.29) is 5.91 Å². The highest BCUT2D eigenvalue weighted by molar-refractivity contribution is 6.24. The number of esters is 1. The van der Waals surface area contributed by atoms with Crippen molar-refractivity contribution in [2.75, 3.05) is 19.0 Å². The first kappa shape index (κ1) is 23.3. The van der Waals surface area contributed by atoms with E-state index in [0.29, 0.717) is 22.5 Å². The van der Waals surface area contributed by atoms with E-state index >= 15 is 0 Å². The topological polar surface area (TPSA) is 106 Å². The van der Waals surface area contributed by atoms with Gasteiger partial charge in [0.15, 0.2) is 0 Å². The molecule has 180 valence electrons. The first-order chi connectivity index (χ1) is 17.6. The van der Waals surface area contributed by atoms with Crippen molar-refractivity contribution >= 4 is 40.0 Å². The molecular weight excluding hydrogens is 454 g/mol. The van der Waals surface area contributed by atoms with Gasteiger partial charge in [-0.2, -0.15) is 0 Å². The van der Waals surface area contributed by atoms with Crippen molar-refractivity contribution in [1.29, 1.82) is 0 Å². The number of carbonyl (C=O) groups excluding carboxylic acids is 2. The maximum absolute atomic E-state index is 13.3. The number of anilines is 1. The number of hydrogen-bond donors (Lipinski definition) is 2. The number of ether oxygens (including phenoxy) is 1. The number of nitrogens with one attached hydrogen (secondary N) is 2. The Hall–Kier alpha value is -4.43. The van der Waals surface area contributed by atoms with Crippen molar-refractivity contribution < 1.29 is 14.3 Å². The van der Waals surface area contributed by atoms with Crippen LogP contribution in [-0.2, 0) is 16.1 Å². The Labute approximate surface area is 208 Å². The fraction of sp³-hybridized carbons (Fsp3) is 0.179. The van der Waals surface area contributed by atoms with Gasteiger partial charge in [-0.1, -0.05) is 31.2 Å². The van der Waals surface area contributed by atoms with Crippen LogP contribution in [0.1, 0.15) is 39.9 Å². The van der Waals surface area contributed by atoms with Gasteiger partial charge in [-0.15, -0.1) is 0 Å². The molecule has 8 nitrogen and oxygen atoms in total. The van der Waals surface area contributed by atoms with Crippen molar-refractivity contribution in [2.45, 2.75) is 19.4 Å². The third-order valence-electron chi connectivity index (χ3n) is 6.11. The molecule has 0 spiro atoms. The zero-order valence-corrected chi connectivity index (χ0v) is 20.0. The standard InChI is InChI=1S/C28H25N5O3/c1-3-29-16-17-4-8-20(9-5-17)32-26(18-7-11-22-24(14-18)31-13-12-30-22)25-21-10-6-19(28(35)36-2)15-23(21)33-27(25)34/h4-15,25,29H,3,16H2,1-2H3,(H,33,34). The zero-order valence-electron chi connectivity index (χ0n) is 20.0. The van der Waals surface area contributed by atoms with Crippen molar-refractivity contribution in [1.82, 2.24) is 15.3 Å². The average molecular weight is 480 g/mol. The van der Waals surface area contributed by atoms with Gasteiger partial charge in [0.2, 0.25) is 5.91 Å². The quantitative estimate of drug-likeness (QED) is 0.301. The number of aliphatic imine (C=N–C) groups is 1. The molecular formula is C28H25N5O3. The molecule has 1 atom stereocenters. The first-order valence-electron chi connectivity index (χ1n) is 11.7. The SMILES string of the molecule is CCNCc1ccc(N=C(c2ccc3nccnc3c2)C2C(=O)Nc3cc(C(=O)OC)ccc32)cc1. The van der Waals surface area contributed by atoms with Crippen LogP contribution in [0.3, 0.4) is 0 Å². The van der Waals surface area contributed by atoms with Crippen LogP contribution in [0.15, 0.2) is 78.0 Å². The van der Waals surface area contributed by atoms with E-state index in [1.165, 1.54) is 7.11 Å². The highest BCUT2D eigenvalue weighted by Crippen LogP contribution is 2.37. The number of carbonyl (C=O) groups is 2. The highest BCUT2D eigenvalue weighted by Gasteiger charge is 2.36. The number of amides is 1. The van der Waals surface area contributed by atoms with Crippen LogP contribution in [0.2, 0.25) is 0 Å². The molecule has 0 bridgehead atoms. The normalized spacial score (nSPS) is 15.0. The molecule has 0 aliphatic carbocycles. The number of hydrogen-bond acceptors (Lipinski definition) is 7. The van der Waals surface area contributed by atoms with Gasteiger partial charge in [-0.3, -0.25) is 19.8 Å². The highest BCUT2D eigenvalue weighted by atomic mass is 16.5. The Morgan fingerprint density at radius 1 is 1.00 bits per heavy atom. The first-order valence-corrected chi connectivity index (χ1v) is 11.7. The van der Waals surface area contributed by atoms with Gasteiger partial charge >= 0.3 is 5.97 Å². The minimum atomic E-state index is -0.665. The summed E-state index contributed by atoms with van der Waals surface area (Å²) in [6.45, 7) is 3.73. The predicted octanol–water partition coefficient (Wildman–Crippen LogP) is 4.38. The summed E-state index contributed by atoms with van der Waals surface area (Å²) in [5.74, 6) is -1.34. The van der Waals surface area contributed by atoms with Crippen molar-refractivity contribution in [2.24, 2.45) is 4.99 Å². The summed E-state index contributed by atoms with van der Waals surface area (Å²) in [7, 11) is 1.33. The van der Waals surface area contributed by atoms with Crippen molar-refractivity contribution in [3.8, 4) is 0 Å². The molecule has 0 saturated heterocycles. The Morgan fingerprint density at radius 2 is 1.75 bits per heavy atom. The second-order valence-electron chi connectivity index (χ2n) is 8.42. The molecule has 3 aromatic carbocycles. The summed E-state index contributed by atoms with van der Waals surface area (Å²) < 4.78 is 4.83. The molecule has 0 radical (unpaired) electrons. The maximum atomic E-state index is 13.3. The van der Waals surface area contributed by atoms with E-state index in [0.717, 1.165) is 41.0 Å². The largest absolute Gasteiger partial charge is 0.465 e. The van der Waals surface area contributed by atoms with Crippen LogP contribution in [0.25, 0.3) is 11.0 Å². The smallest absolute Gasteiger partial charge is 0.337 e. The summed E-state index contributed by atoms with van der Waals surface area (Å²) in [5.41, 5.74) is 6.39. The third-order valence-corrected chi connectivity index (χ3v) is 6.11. The number of aromatic nitrogens is 2. The summed E-state index contributed by atoms with van der Waals surface area (Å²) in [5, 5.41) is 6.22. The lowest BCUT2D eigenvalue weighted by atomic mass is 9.90. The van der Waals surface area contributed by atoms with E-state index in [9.17, 15) is 9.59 Å². The predicted molar refractivity (Wildman–Crippen MR) is 139 cm³/mol. The molecule has 8 heteroatoms. The number of rotatable bonds is 7. The fourth-order valence-corrected chi connectivity index (χ4v) is 4.29. The number of methoxy groups -OCH3 is 1. The molecule has 1 aliphatic heterocycles. The average Bonchev–Trinajstić information content (AvgIpc) is 3.25. The molecule has 1 aliphatic rings. The maximum Gasteiger partial charge on any atom is 0.337 e. The third kappa shape index (κ3) is 4.58. The van der Waals surface area contributed by atoms with E-state index in [1.807, 2.05) is 42.5 Å². The zero-order chi connectivity index (χ0) is 25.1. The fourth-order valence-electron chi connectivity index (χ4n) is 4.29. The molecule has 0 fully saturated rings. The van der Waals surface area contributed by atoms with Gasteiger partial charge in [0, 0.05) is 24.6 Å². The van der Waals surface area contributed by atoms with Gasteiger partial charge in [0.1, 0.15) is 5.92 Å². The van der Waals surface area contributed by atoms with E-state index in [4.69, 9.17) is 9.73 Å². The van der Waals surface area contributed by atoms with Crippen LogP contribution >= 0.6 is 0 Å². The minimum absolute atomic E-state index is 0.214. The van der Waals surface area contributed by atoms with Gasteiger partial charge in [-0.25, -0.2) is 4.79 Å². The summed E-state index contributed by atoms with van der Waals surface area (Å²) in [6.07, 6.45) is 3.28. The van der Waals surface area contributed by atoms with E-state index in [2.05, 4.69) is 27.5 Å². The molecule has 0 saturated carbocycles. The summed E-state index contributed by atoms with van der Waals surface area (Å²) in [4.78, 5) is 39.0. The van der Waals surface area contributed by atoms with Crippen LogP contribution in [0.4, 0.5) is 11.4 Å². The summed E-state index contributed by atoms with van der Waals surface area (Å²) in [6, 6.07) is 18.7. The Kier molecular flexibility index (Phi) is 6.51.